The lowest BCUT2D eigenvalue weighted by Gasteiger charge is -2.31. The van der Waals surface area contributed by atoms with Gasteiger partial charge in [-0.1, -0.05) is 0 Å². The van der Waals surface area contributed by atoms with Crippen molar-refractivity contribution < 1.29 is 4.74 Å². The molecule has 24 heavy (non-hydrogen) atoms. The zero-order valence-corrected chi connectivity index (χ0v) is 13.8. The summed E-state index contributed by atoms with van der Waals surface area (Å²) in [6, 6.07) is 3.67. The van der Waals surface area contributed by atoms with Gasteiger partial charge in [-0.05, 0) is 31.4 Å². The topological polar surface area (TPSA) is 81.3 Å². The van der Waals surface area contributed by atoms with Gasteiger partial charge in [-0.2, -0.15) is 4.52 Å². The maximum atomic E-state index is 5.21. The minimum Gasteiger partial charge on any atom is -0.480 e. The fourth-order valence-electron chi connectivity index (χ4n) is 3.04. The summed E-state index contributed by atoms with van der Waals surface area (Å²) < 4.78 is 7.00. The Balaban J connectivity index is 1.52. The van der Waals surface area contributed by atoms with Crippen molar-refractivity contribution >= 4 is 11.6 Å². The maximum Gasteiger partial charge on any atom is 0.231 e. The van der Waals surface area contributed by atoms with Crippen molar-refractivity contribution in [3.05, 3.63) is 35.9 Å². The summed E-state index contributed by atoms with van der Waals surface area (Å²) in [5.74, 6) is 2.58. The molecule has 0 aliphatic carbocycles. The van der Waals surface area contributed by atoms with Crippen LogP contribution in [0.15, 0.2) is 24.5 Å². The molecule has 0 radical (unpaired) electrons. The monoisotopic (exact) mass is 325 g/mol. The molecule has 4 rings (SSSR count). The highest BCUT2D eigenvalue weighted by atomic mass is 16.5. The Morgan fingerprint density at radius 1 is 1.08 bits per heavy atom. The van der Waals surface area contributed by atoms with Crippen molar-refractivity contribution in [3.8, 4) is 5.88 Å². The van der Waals surface area contributed by atoms with Crippen LogP contribution in [-0.2, 0) is 0 Å². The lowest BCUT2D eigenvalue weighted by Crippen LogP contribution is -2.34. The number of aryl methyl sites for hydroxylation is 1. The fourth-order valence-corrected chi connectivity index (χ4v) is 3.04. The van der Waals surface area contributed by atoms with E-state index in [4.69, 9.17) is 4.74 Å². The van der Waals surface area contributed by atoms with Gasteiger partial charge in [-0.3, -0.25) is 0 Å². The Kier molecular flexibility index (Phi) is 3.72. The third-order valence-corrected chi connectivity index (χ3v) is 4.38. The summed E-state index contributed by atoms with van der Waals surface area (Å²) in [5, 5.41) is 13.0. The van der Waals surface area contributed by atoms with Crippen molar-refractivity contribution in [2.45, 2.75) is 25.7 Å². The van der Waals surface area contributed by atoms with Crippen LogP contribution >= 0.6 is 0 Å². The fraction of sp³-hybridized carbons (Fsp3) is 0.438. The van der Waals surface area contributed by atoms with Crippen LogP contribution in [0.3, 0.4) is 0 Å². The summed E-state index contributed by atoms with van der Waals surface area (Å²) >= 11 is 0. The molecule has 3 aromatic rings. The van der Waals surface area contributed by atoms with E-state index < -0.39 is 0 Å². The highest BCUT2D eigenvalue weighted by molar-refractivity contribution is 5.38. The van der Waals surface area contributed by atoms with Gasteiger partial charge in [0.15, 0.2) is 11.5 Å². The van der Waals surface area contributed by atoms with E-state index in [1.54, 1.807) is 17.7 Å². The number of piperidine rings is 1. The number of rotatable bonds is 3. The first-order chi connectivity index (χ1) is 11.7. The standard InChI is InChI=1S/C16H19N7O/c1-11-9-17-16(18-10-11)22-7-5-12(6-8-22)15-20-19-13-3-4-14(24-2)21-23(13)15/h3-4,9-10,12H,5-8H2,1-2H3. The SMILES string of the molecule is COc1ccc2nnc(C3CCN(c4ncc(C)cn4)CC3)n2n1. The van der Waals surface area contributed by atoms with E-state index >= 15 is 0 Å². The van der Waals surface area contributed by atoms with Crippen LogP contribution in [0.4, 0.5) is 5.95 Å². The number of fused-ring (bicyclic) bond motifs is 1. The average molecular weight is 325 g/mol. The summed E-state index contributed by atoms with van der Waals surface area (Å²) in [6.07, 6.45) is 5.65. The lowest BCUT2D eigenvalue weighted by molar-refractivity contribution is 0.386. The van der Waals surface area contributed by atoms with Crippen LogP contribution in [0.2, 0.25) is 0 Å². The molecule has 1 saturated heterocycles. The second kappa shape index (κ2) is 6.03. The molecule has 4 heterocycles. The number of hydrogen-bond acceptors (Lipinski definition) is 7. The van der Waals surface area contributed by atoms with Gasteiger partial charge >= 0.3 is 0 Å². The average Bonchev–Trinajstić information content (AvgIpc) is 3.05. The molecule has 1 fully saturated rings. The first-order valence-electron chi connectivity index (χ1n) is 8.04. The predicted molar refractivity (Wildman–Crippen MR) is 88.3 cm³/mol. The van der Waals surface area contributed by atoms with E-state index in [0.29, 0.717) is 11.8 Å². The summed E-state index contributed by atoms with van der Waals surface area (Å²) in [5.41, 5.74) is 1.82. The van der Waals surface area contributed by atoms with Gasteiger partial charge in [0.1, 0.15) is 0 Å². The second-order valence-corrected chi connectivity index (χ2v) is 6.03. The van der Waals surface area contributed by atoms with Gasteiger partial charge < -0.3 is 9.64 Å². The van der Waals surface area contributed by atoms with E-state index in [9.17, 15) is 0 Å². The molecular formula is C16H19N7O. The van der Waals surface area contributed by atoms with Gasteiger partial charge in [-0.25, -0.2) is 9.97 Å². The lowest BCUT2D eigenvalue weighted by atomic mass is 9.96. The first kappa shape index (κ1) is 14.8. The molecule has 1 aliphatic rings. The Morgan fingerprint density at radius 2 is 1.83 bits per heavy atom. The van der Waals surface area contributed by atoms with Gasteiger partial charge in [0.25, 0.3) is 0 Å². The van der Waals surface area contributed by atoms with Crippen molar-refractivity contribution in [1.82, 2.24) is 29.8 Å². The molecule has 8 nitrogen and oxygen atoms in total. The third-order valence-electron chi connectivity index (χ3n) is 4.38. The molecule has 8 heteroatoms. The van der Waals surface area contributed by atoms with E-state index in [2.05, 4.69) is 30.2 Å². The van der Waals surface area contributed by atoms with Crippen LogP contribution in [0, 0.1) is 6.92 Å². The number of aromatic nitrogens is 6. The van der Waals surface area contributed by atoms with Crippen LogP contribution in [-0.4, -0.2) is 50.0 Å². The zero-order chi connectivity index (χ0) is 16.5. The largest absolute Gasteiger partial charge is 0.480 e. The molecule has 0 unspecified atom stereocenters. The summed E-state index contributed by atoms with van der Waals surface area (Å²) in [6.45, 7) is 3.78. The number of ether oxygens (including phenoxy) is 1. The number of methoxy groups -OCH3 is 1. The van der Waals surface area contributed by atoms with Crippen LogP contribution in [0.1, 0.15) is 30.1 Å². The first-order valence-corrected chi connectivity index (χ1v) is 8.04. The molecule has 1 aliphatic heterocycles. The molecule has 0 N–H and O–H groups in total. The number of nitrogens with zero attached hydrogens (tertiary/aromatic N) is 7. The Bertz CT molecular complexity index is 837. The van der Waals surface area contributed by atoms with E-state index in [1.807, 2.05) is 25.4 Å². The van der Waals surface area contributed by atoms with E-state index in [-0.39, 0.29) is 0 Å². The molecule has 0 amide bonds. The van der Waals surface area contributed by atoms with E-state index in [1.165, 1.54) is 0 Å². The predicted octanol–water partition coefficient (Wildman–Crippen LogP) is 1.62. The highest BCUT2D eigenvalue weighted by Crippen LogP contribution is 2.28. The molecule has 3 aromatic heterocycles. The Hall–Kier alpha value is -2.77. The molecule has 0 spiro atoms. The second-order valence-electron chi connectivity index (χ2n) is 6.03. The minimum atomic E-state index is 0.321. The molecule has 0 saturated carbocycles. The molecule has 0 atom stereocenters. The summed E-state index contributed by atoms with van der Waals surface area (Å²) in [7, 11) is 1.61. The van der Waals surface area contributed by atoms with Crippen LogP contribution < -0.4 is 9.64 Å². The smallest absolute Gasteiger partial charge is 0.231 e. The molecule has 0 aromatic carbocycles. The molecule has 124 valence electrons. The maximum absolute atomic E-state index is 5.21. The van der Waals surface area contributed by atoms with Crippen LogP contribution in [0.5, 0.6) is 5.88 Å². The van der Waals surface area contributed by atoms with Crippen molar-refractivity contribution in [2.75, 3.05) is 25.1 Å². The van der Waals surface area contributed by atoms with E-state index in [0.717, 1.165) is 48.9 Å². The highest BCUT2D eigenvalue weighted by Gasteiger charge is 2.26. The number of hydrogen-bond donors (Lipinski definition) is 0. The Labute approximate surface area is 139 Å². The van der Waals surface area contributed by atoms with Crippen LogP contribution in [0.25, 0.3) is 5.65 Å². The van der Waals surface area contributed by atoms with Gasteiger partial charge in [0.2, 0.25) is 11.8 Å². The molecule has 0 bridgehead atoms. The van der Waals surface area contributed by atoms with Gasteiger partial charge in [-0.15, -0.1) is 15.3 Å². The van der Waals surface area contributed by atoms with Gasteiger partial charge in [0, 0.05) is 37.5 Å². The van der Waals surface area contributed by atoms with Crippen molar-refractivity contribution in [3.63, 3.8) is 0 Å². The minimum absolute atomic E-state index is 0.321. The number of anilines is 1. The third kappa shape index (κ3) is 2.64. The van der Waals surface area contributed by atoms with Gasteiger partial charge in [0.05, 0.1) is 7.11 Å². The Morgan fingerprint density at radius 3 is 2.54 bits per heavy atom. The molecular weight excluding hydrogens is 306 g/mol. The summed E-state index contributed by atoms with van der Waals surface area (Å²) in [4.78, 5) is 11.0. The quantitative estimate of drug-likeness (QED) is 0.723. The zero-order valence-electron chi connectivity index (χ0n) is 13.8. The van der Waals surface area contributed by atoms with Crippen molar-refractivity contribution in [2.24, 2.45) is 0 Å². The van der Waals surface area contributed by atoms with Crippen molar-refractivity contribution in [1.29, 1.82) is 0 Å². The normalized spacial score (nSPS) is 15.8.